The van der Waals surface area contributed by atoms with Crippen molar-refractivity contribution in [2.75, 3.05) is 26.8 Å². The number of aryl methyl sites for hydroxylation is 1. The molecule has 1 saturated heterocycles. The van der Waals surface area contributed by atoms with Crippen molar-refractivity contribution in [3.05, 3.63) is 53.6 Å². The molecule has 5 aliphatic heterocycles. The zero-order valence-electron chi connectivity index (χ0n) is 23.7. The number of nitrogens with two attached hydrogens (primary N) is 1. The molecule has 5 heterocycles. The summed E-state index contributed by atoms with van der Waals surface area (Å²) < 4.78 is 17.6. The Bertz CT molecular complexity index is 1260. The molecule has 8 rings (SSSR count). The van der Waals surface area contributed by atoms with Gasteiger partial charge in [0, 0.05) is 32.5 Å². The molecule has 12 heteroatoms. The van der Waals surface area contributed by atoms with E-state index in [0.29, 0.717) is 69.0 Å². The van der Waals surface area contributed by atoms with Crippen molar-refractivity contribution >= 4 is 24.2 Å². The molecule has 0 aromatic heterocycles. The van der Waals surface area contributed by atoms with Crippen molar-refractivity contribution in [1.29, 1.82) is 0 Å². The molecule has 2 aromatic rings. The molecule has 4 bridgehead atoms. The van der Waals surface area contributed by atoms with Crippen LogP contribution in [-0.4, -0.2) is 78.7 Å². The van der Waals surface area contributed by atoms with Gasteiger partial charge in [-0.1, -0.05) is 18.2 Å². The lowest BCUT2D eigenvalue weighted by molar-refractivity contribution is -0.143. The molecule has 1 saturated carbocycles. The molecule has 6 aliphatic rings. The van der Waals surface area contributed by atoms with Crippen molar-refractivity contribution in [1.82, 2.24) is 15.5 Å². The average molecular weight is 583 g/mol. The Kier molecular flexibility index (Phi) is 10.2. The van der Waals surface area contributed by atoms with Gasteiger partial charge in [0.05, 0.1) is 18.7 Å². The predicted molar refractivity (Wildman–Crippen MR) is 152 cm³/mol. The molecule has 226 valence electrons. The molecule has 2 aromatic carbocycles. The normalized spacial score (nSPS) is 21.9. The lowest BCUT2D eigenvalue weighted by Crippen LogP contribution is -2.65. The number of nitrogens with one attached hydrogen (secondary N) is 2. The number of hydrogen-bond donors (Lipinski definition) is 4. The Balaban J connectivity index is 0.00000129. The van der Waals surface area contributed by atoms with Crippen LogP contribution < -0.4 is 30.6 Å². The molecule has 2 atom stereocenters. The van der Waals surface area contributed by atoms with Crippen molar-refractivity contribution in [3.8, 4) is 17.2 Å². The van der Waals surface area contributed by atoms with Crippen LogP contribution in [0.3, 0.4) is 0 Å². The fourth-order valence-corrected chi connectivity index (χ4v) is 5.27. The SMILES string of the molecule is COc1cc2ccc1OCC(=O)N[C@@H]1CN(C(=O)C3(N)CCC3)CC[C@H]1Oc1ccc(cc1)CNC(=O)CC2.O=CO. The number of piperidine rings is 1. The Morgan fingerprint density at radius 2 is 1.83 bits per heavy atom. The minimum atomic E-state index is -0.804. The van der Waals surface area contributed by atoms with Gasteiger partial charge >= 0.3 is 0 Å². The van der Waals surface area contributed by atoms with Gasteiger partial charge in [-0.2, -0.15) is 0 Å². The van der Waals surface area contributed by atoms with Gasteiger partial charge in [0.15, 0.2) is 18.1 Å². The zero-order chi connectivity index (χ0) is 30.1. The standard InChI is InChI=1S/C29H36N4O6.CH2O2/c1-37-25-15-19-5-9-24(25)38-18-27(35)32-22-17-33(28(36)29(30)12-2-13-29)14-11-23(22)39-21-7-3-20(4-8-21)16-31-26(34)10-6-19;2-1-3/h3-5,7-9,15,22-23H,2,6,10-14,16-18,30H2,1H3,(H,31,34)(H,32,35);1H,(H,2,3)/t22-,23-;/m1./s1. The number of rotatable bonds is 2. The van der Waals surface area contributed by atoms with Gasteiger partial charge in [-0.25, -0.2) is 0 Å². The number of ether oxygens (including phenoxy) is 3. The Morgan fingerprint density at radius 1 is 1.12 bits per heavy atom. The van der Waals surface area contributed by atoms with Crippen LogP contribution in [0.15, 0.2) is 42.5 Å². The summed E-state index contributed by atoms with van der Waals surface area (Å²) in [5.41, 5.74) is 7.40. The number of nitrogens with zero attached hydrogens (tertiary/aromatic N) is 1. The van der Waals surface area contributed by atoms with Crippen LogP contribution in [0.25, 0.3) is 0 Å². The van der Waals surface area contributed by atoms with Crippen LogP contribution >= 0.6 is 0 Å². The van der Waals surface area contributed by atoms with Crippen molar-refractivity contribution in [3.63, 3.8) is 0 Å². The molecular weight excluding hydrogens is 544 g/mol. The molecule has 5 N–H and O–H groups in total. The van der Waals surface area contributed by atoms with E-state index in [1.165, 1.54) is 7.11 Å². The first-order chi connectivity index (χ1) is 20.2. The summed E-state index contributed by atoms with van der Waals surface area (Å²) in [5.74, 6) is 1.11. The van der Waals surface area contributed by atoms with Gasteiger partial charge in [0.2, 0.25) is 11.8 Å². The van der Waals surface area contributed by atoms with Gasteiger partial charge in [-0.05, 0) is 61.1 Å². The van der Waals surface area contributed by atoms with Crippen LogP contribution in [0.4, 0.5) is 0 Å². The smallest absolute Gasteiger partial charge is 0.290 e. The van der Waals surface area contributed by atoms with Crippen LogP contribution in [0, 0.1) is 0 Å². The minimum absolute atomic E-state index is 0.0500. The molecule has 0 radical (unpaired) electrons. The zero-order valence-corrected chi connectivity index (χ0v) is 23.7. The van der Waals surface area contributed by atoms with E-state index < -0.39 is 11.6 Å². The average Bonchev–Trinajstić information content (AvgIpc) is 2.98. The second-order valence-corrected chi connectivity index (χ2v) is 10.7. The van der Waals surface area contributed by atoms with Gasteiger partial charge in [0.25, 0.3) is 12.4 Å². The van der Waals surface area contributed by atoms with Crippen molar-refractivity contribution in [2.45, 2.75) is 62.8 Å². The molecule has 1 aliphatic carbocycles. The van der Waals surface area contributed by atoms with Crippen LogP contribution in [-0.2, 0) is 32.1 Å². The largest absolute Gasteiger partial charge is 0.493 e. The Labute approximate surface area is 244 Å². The first-order valence-corrected chi connectivity index (χ1v) is 14.0. The summed E-state index contributed by atoms with van der Waals surface area (Å²) in [6.07, 6.45) is 3.38. The Hall–Kier alpha value is -4.32. The van der Waals surface area contributed by atoms with E-state index in [-0.39, 0.29) is 36.9 Å². The summed E-state index contributed by atoms with van der Waals surface area (Å²) >= 11 is 0. The first-order valence-electron chi connectivity index (χ1n) is 14.0. The summed E-state index contributed by atoms with van der Waals surface area (Å²) in [6, 6.07) is 12.5. The summed E-state index contributed by atoms with van der Waals surface area (Å²) in [6.45, 7) is 0.731. The number of carbonyl (C=O) groups is 4. The molecule has 12 nitrogen and oxygen atoms in total. The quantitative estimate of drug-likeness (QED) is 0.382. The summed E-state index contributed by atoms with van der Waals surface area (Å²) in [7, 11) is 1.53. The number of methoxy groups -OCH3 is 1. The summed E-state index contributed by atoms with van der Waals surface area (Å²) in [4.78, 5) is 48.7. The van der Waals surface area contributed by atoms with Crippen LogP contribution in [0.5, 0.6) is 17.2 Å². The van der Waals surface area contributed by atoms with E-state index in [1.807, 2.05) is 36.4 Å². The maximum Gasteiger partial charge on any atom is 0.290 e. The molecular formula is C30H38N4O8. The van der Waals surface area contributed by atoms with Crippen LogP contribution in [0.1, 0.15) is 43.2 Å². The van der Waals surface area contributed by atoms with Crippen molar-refractivity contribution < 1.29 is 38.5 Å². The number of benzene rings is 2. The van der Waals surface area contributed by atoms with E-state index in [2.05, 4.69) is 10.6 Å². The second kappa shape index (κ2) is 14.0. The van der Waals surface area contributed by atoms with Crippen LogP contribution in [0.2, 0.25) is 0 Å². The second-order valence-electron chi connectivity index (χ2n) is 10.7. The third kappa shape index (κ3) is 7.69. The van der Waals surface area contributed by atoms with Gasteiger partial charge in [-0.15, -0.1) is 0 Å². The number of amides is 3. The van der Waals surface area contributed by atoms with E-state index >= 15 is 0 Å². The lowest BCUT2D eigenvalue weighted by Gasteiger charge is -2.45. The van der Waals surface area contributed by atoms with Gasteiger partial charge in [-0.3, -0.25) is 19.2 Å². The number of carbonyl (C=O) groups excluding carboxylic acids is 3. The topological polar surface area (TPSA) is 170 Å². The third-order valence-electron chi connectivity index (χ3n) is 7.78. The minimum Gasteiger partial charge on any atom is -0.493 e. The monoisotopic (exact) mass is 582 g/mol. The fourth-order valence-electron chi connectivity index (χ4n) is 5.27. The van der Waals surface area contributed by atoms with E-state index in [9.17, 15) is 14.4 Å². The number of carboxylic acid groups (broad SMARTS) is 1. The highest BCUT2D eigenvalue weighted by atomic mass is 16.5. The van der Waals surface area contributed by atoms with E-state index in [1.54, 1.807) is 11.0 Å². The summed E-state index contributed by atoms with van der Waals surface area (Å²) in [5, 5.41) is 12.9. The maximum atomic E-state index is 13.1. The molecule has 42 heavy (non-hydrogen) atoms. The van der Waals surface area contributed by atoms with Gasteiger partial charge < -0.3 is 40.6 Å². The van der Waals surface area contributed by atoms with Crippen molar-refractivity contribution in [2.24, 2.45) is 5.73 Å². The molecule has 0 unspecified atom stereocenters. The van der Waals surface area contributed by atoms with Gasteiger partial charge in [0.1, 0.15) is 11.9 Å². The fraction of sp³-hybridized carbons (Fsp3) is 0.467. The maximum absolute atomic E-state index is 13.1. The highest BCUT2D eigenvalue weighted by Gasteiger charge is 2.45. The molecule has 0 spiro atoms. The third-order valence-corrected chi connectivity index (χ3v) is 7.78. The number of likely N-dealkylation sites (tertiary alicyclic amines) is 1. The Morgan fingerprint density at radius 3 is 2.50 bits per heavy atom. The predicted octanol–water partition coefficient (Wildman–Crippen LogP) is 1.38. The lowest BCUT2D eigenvalue weighted by atomic mass is 9.76. The highest BCUT2D eigenvalue weighted by Crippen LogP contribution is 2.32. The first kappa shape index (κ1) is 30.6. The highest BCUT2D eigenvalue weighted by molar-refractivity contribution is 5.87. The molecule has 3 amide bonds. The van der Waals surface area contributed by atoms with E-state index in [4.69, 9.17) is 29.8 Å². The number of hydrogen-bond acceptors (Lipinski definition) is 8. The van der Waals surface area contributed by atoms with E-state index in [0.717, 1.165) is 17.5 Å². The molecule has 2 fully saturated rings.